The van der Waals surface area contributed by atoms with E-state index < -0.39 is 10.0 Å². The Labute approximate surface area is 188 Å². The van der Waals surface area contributed by atoms with E-state index in [0.29, 0.717) is 21.5 Å². The molecule has 0 bridgehead atoms. The Morgan fingerprint density at radius 1 is 0.903 bits per heavy atom. The lowest BCUT2D eigenvalue weighted by Gasteiger charge is -2.16. The summed E-state index contributed by atoms with van der Waals surface area (Å²) in [6.07, 6.45) is 0. The number of nitrogens with two attached hydrogens (primary N) is 1. The highest BCUT2D eigenvalue weighted by Gasteiger charge is 2.22. The summed E-state index contributed by atoms with van der Waals surface area (Å²) >= 11 is 3.50. The first-order valence-electron chi connectivity index (χ1n) is 9.33. The minimum Gasteiger partial charge on any atom is -0.496 e. The number of ether oxygens (including phenoxy) is 1. The van der Waals surface area contributed by atoms with Crippen LogP contribution in [0.2, 0.25) is 0 Å². The van der Waals surface area contributed by atoms with Crippen LogP contribution in [-0.2, 0) is 10.0 Å². The number of para-hydroxylation sites is 1. The first-order chi connectivity index (χ1) is 14.8. The van der Waals surface area contributed by atoms with Gasteiger partial charge in [-0.1, -0.05) is 53.7 Å². The Morgan fingerprint density at radius 3 is 2.06 bits per heavy atom. The average molecular weight is 499 g/mol. The SMILES string of the molecule is COc1ccccc1-c1ccccc1-c1ccc(S(N)(=O)=O)cc1-c1onc(C)c1Br. The number of rotatable bonds is 5. The summed E-state index contributed by atoms with van der Waals surface area (Å²) in [7, 11) is -2.28. The van der Waals surface area contributed by atoms with Crippen LogP contribution in [0, 0.1) is 6.92 Å². The number of nitrogens with zero attached hydrogens (tertiary/aromatic N) is 1. The maximum absolute atomic E-state index is 12.0. The van der Waals surface area contributed by atoms with Crippen LogP contribution in [0.4, 0.5) is 0 Å². The topological polar surface area (TPSA) is 95.4 Å². The number of hydrogen-bond donors (Lipinski definition) is 1. The lowest BCUT2D eigenvalue weighted by molar-refractivity contribution is 0.416. The molecule has 0 aliphatic heterocycles. The molecule has 0 unspecified atom stereocenters. The van der Waals surface area contributed by atoms with Crippen molar-refractivity contribution in [3.8, 4) is 39.3 Å². The molecule has 6 nitrogen and oxygen atoms in total. The van der Waals surface area contributed by atoms with Crippen LogP contribution in [0.3, 0.4) is 0 Å². The van der Waals surface area contributed by atoms with E-state index in [0.717, 1.165) is 28.0 Å². The van der Waals surface area contributed by atoms with Crippen molar-refractivity contribution in [3.05, 3.63) is 76.9 Å². The second-order valence-electron chi connectivity index (χ2n) is 6.91. The van der Waals surface area contributed by atoms with E-state index in [1.807, 2.05) is 48.5 Å². The quantitative estimate of drug-likeness (QED) is 0.397. The largest absolute Gasteiger partial charge is 0.496 e. The fraction of sp³-hybridized carbons (Fsp3) is 0.0870. The van der Waals surface area contributed by atoms with Crippen molar-refractivity contribution in [3.63, 3.8) is 0 Å². The maximum atomic E-state index is 12.0. The molecule has 0 atom stereocenters. The van der Waals surface area contributed by atoms with Gasteiger partial charge in [0, 0.05) is 11.1 Å². The summed E-state index contributed by atoms with van der Waals surface area (Å²) in [5, 5.41) is 9.40. The van der Waals surface area contributed by atoms with Gasteiger partial charge >= 0.3 is 0 Å². The van der Waals surface area contributed by atoms with Gasteiger partial charge in [0.2, 0.25) is 10.0 Å². The monoisotopic (exact) mass is 498 g/mol. The highest BCUT2D eigenvalue weighted by molar-refractivity contribution is 9.10. The van der Waals surface area contributed by atoms with Gasteiger partial charge in [0.15, 0.2) is 5.76 Å². The first-order valence-corrected chi connectivity index (χ1v) is 11.7. The van der Waals surface area contributed by atoms with Gasteiger partial charge in [-0.3, -0.25) is 0 Å². The summed E-state index contributed by atoms with van der Waals surface area (Å²) in [4.78, 5) is -0.0121. The van der Waals surface area contributed by atoms with Crippen LogP contribution < -0.4 is 9.88 Å². The van der Waals surface area contributed by atoms with Crippen molar-refractivity contribution in [1.29, 1.82) is 0 Å². The van der Waals surface area contributed by atoms with Gasteiger partial charge in [0.25, 0.3) is 0 Å². The van der Waals surface area contributed by atoms with Crippen LogP contribution in [0.25, 0.3) is 33.6 Å². The van der Waals surface area contributed by atoms with E-state index >= 15 is 0 Å². The van der Waals surface area contributed by atoms with E-state index in [1.165, 1.54) is 12.1 Å². The number of methoxy groups -OCH3 is 1. The second-order valence-corrected chi connectivity index (χ2v) is 9.26. The third-order valence-corrected chi connectivity index (χ3v) is 6.81. The van der Waals surface area contributed by atoms with Crippen molar-refractivity contribution in [2.45, 2.75) is 11.8 Å². The number of halogens is 1. The van der Waals surface area contributed by atoms with E-state index in [9.17, 15) is 8.42 Å². The Hall–Kier alpha value is -2.94. The molecule has 1 aromatic heterocycles. The van der Waals surface area contributed by atoms with E-state index in [-0.39, 0.29) is 4.90 Å². The van der Waals surface area contributed by atoms with Gasteiger partial charge in [-0.05, 0) is 57.7 Å². The second kappa shape index (κ2) is 8.30. The molecular weight excluding hydrogens is 480 g/mol. The summed E-state index contributed by atoms with van der Waals surface area (Å²) in [6.45, 7) is 1.79. The minimum absolute atomic E-state index is 0.0121. The van der Waals surface area contributed by atoms with Crippen molar-refractivity contribution >= 4 is 26.0 Å². The van der Waals surface area contributed by atoms with Crippen LogP contribution in [0.5, 0.6) is 5.75 Å². The van der Waals surface area contributed by atoms with Crippen molar-refractivity contribution in [2.24, 2.45) is 5.14 Å². The average Bonchev–Trinajstić information content (AvgIpc) is 3.11. The third kappa shape index (κ3) is 4.01. The van der Waals surface area contributed by atoms with Gasteiger partial charge in [0.1, 0.15) is 5.75 Å². The van der Waals surface area contributed by atoms with Crippen LogP contribution >= 0.6 is 15.9 Å². The van der Waals surface area contributed by atoms with Crippen molar-refractivity contribution in [1.82, 2.24) is 5.16 Å². The van der Waals surface area contributed by atoms with Crippen LogP contribution in [-0.4, -0.2) is 20.7 Å². The molecule has 3 aromatic carbocycles. The van der Waals surface area contributed by atoms with Crippen LogP contribution in [0.15, 0.2) is 80.6 Å². The molecule has 4 rings (SSSR count). The lowest BCUT2D eigenvalue weighted by Crippen LogP contribution is -2.12. The zero-order valence-electron chi connectivity index (χ0n) is 16.8. The lowest BCUT2D eigenvalue weighted by atomic mass is 9.90. The normalized spacial score (nSPS) is 11.5. The number of sulfonamides is 1. The van der Waals surface area contributed by atoms with Crippen molar-refractivity contribution < 1.29 is 17.7 Å². The molecule has 0 spiro atoms. The highest BCUT2D eigenvalue weighted by atomic mass is 79.9. The fourth-order valence-electron chi connectivity index (χ4n) is 3.47. The van der Waals surface area contributed by atoms with Gasteiger partial charge in [-0.15, -0.1) is 0 Å². The Morgan fingerprint density at radius 2 is 1.48 bits per heavy atom. The molecule has 0 fully saturated rings. The molecule has 0 saturated heterocycles. The van der Waals surface area contributed by atoms with Crippen molar-refractivity contribution in [2.75, 3.05) is 7.11 Å². The standard InChI is InChI=1S/C23H19BrN2O4S/c1-14-22(24)23(30-26-14)20-13-15(31(25,27)28)11-12-18(20)16-7-3-4-8-17(16)19-9-5-6-10-21(19)29-2/h3-13H,1-2H3,(H2,25,27,28). The molecule has 0 aliphatic rings. The Kier molecular flexibility index (Phi) is 5.70. The summed E-state index contributed by atoms with van der Waals surface area (Å²) in [5.74, 6) is 1.15. The molecule has 1 heterocycles. The van der Waals surface area contributed by atoms with Gasteiger partial charge < -0.3 is 9.26 Å². The molecule has 0 saturated carbocycles. The molecular formula is C23H19BrN2O4S. The predicted octanol–water partition coefficient (Wildman–Crippen LogP) is 5.40. The number of benzene rings is 3. The number of aromatic nitrogens is 1. The molecule has 2 N–H and O–H groups in total. The molecule has 4 aromatic rings. The molecule has 0 radical (unpaired) electrons. The Bertz CT molecular complexity index is 1380. The van der Waals surface area contributed by atoms with E-state index in [1.54, 1.807) is 20.1 Å². The molecule has 31 heavy (non-hydrogen) atoms. The Balaban J connectivity index is 2.03. The predicted molar refractivity (Wildman–Crippen MR) is 123 cm³/mol. The minimum atomic E-state index is -3.91. The number of hydrogen-bond acceptors (Lipinski definition) is 5. The maximum Gasteiger partial charge on any atom is 0.238 e. The molecule has 0 amide bonds. The molecule has 0 aliphatic carbocycles. The number of aryl methyl sites for hydroxylation is 1. The van der Waals surface area contributed by atoms with Gasteiger partial charge in [0.05, 0.1) is 22.2 Å². The van der Waals surface area contributed by atoms with E-state index in [4.69, 9.17) is 14.4 Å². The third-order valence-electron chi connectivity index (χ3n) is 4.97. The summed E-state index contributed by atoms with van der Waals surface area (Å²) in [5.41, 5.74) is 4.70. The van der Waals surface area contributed by atoms with Gasteiger partial charge in [-0.25, -0.2) is 13.6 Å². The zero-order valence-corrected chi connectivity index (χ0v) is 19.2. The first kappa shape index (κ1) is 21.3. The van der Waals surface area contributed by atoms with E-state index in [2.05, 4.69) is 21.1 Å². The fourth-order valence-corrected chi connectivity index (χ4v) is 4.37. The number of primary sulfonamides is 1. The zero-order chi connectivity index (χ0) is 22.2. The summed E-state index contributed by atoms with van der Waals surface area (Å²) in [6, 6.07) is 20.3. The van der Waals surface area contributed by atoms with Crippen LogP contribution in [0.1, 0.15) is 5.69 Å². The highest BCUT2D eigenvalue weighted by Crippen LogP contribution is 2.43. The molecule has 158 valence electrons. The summed E-state index contributed by atoms with van der Waals surface area (Å²) < 4.78 is 35.8. The van der Waals surface area contributed by atoms with Gasteiger partial charge in [-0.2, -0.15) is 0 Å². The smallest absolute Gasteiger partial charge is 0.238 e. The molecule has 8 heteroatoms.